The Morgan fingerprint density at radius 3 is 1.84 bits per heavy atom. The van der Waals surface area contributed by atoms with Gasteiger partial charge in [0.05, 0.1) is 37.4 Å². The highest BCUT2D eigenvalue weighted by Crippen LogP contribution is 2.19. The molecule has 2 N–H and O–H groups in total. The van der Waals surface area contributed by atoms with Crippen molar-refractivity contribution < 1.29 is 42.9 Å². The third-order valence-corrected chi connectivity index (χ3v) is 6.33. The van der Waals surface area contributed by atoms with Crippen LogP contribution in [-0.2, 0) is 38.1 Å². The highest BCUT2D eigenvalue weighted by atomic mass is 16.6. The van der Waals surface area contributed by atoms with E-state index >= 15 is 0 Å². The highest BCUT2D eigenvalue weighted by Gasteiger charge is 2.23. The van der Waals surface area contributed by atoms with Crippen LogP contribution < -0.4 is 10.6 Å². The average molecular weight is 618 g/mol. The van der Waals surface area contributed by atoms with E-state index in [0.29, 0.717) is 58.7 Å². The van der Waals surface area contributed by atoms with Crippen LogP contribution in [0.25, 0.3) is 0 Å². The lowest BCUT2D eigenvalue weighted by Crippen LogP contribution is -2.38. The van der Waals surface area contributed by atoms with E-state index in [9.17, 15) is 19.2 Å². The second-order valence-corrected chi connectivity index (χ2v) is 12.6. The summed E-state index contributed by atoms with van der Waals surface area (Å²) in [6.45, 7) is 18.3. The van der Waals surface area contributed by atoms with Crippen LogP contribution in [-0.4, -0.2) is 105 Å². The van der Waals surface area contributed by atoms with Crippen molar-refractivity contribution in [2.75, 3.05) is 59.7 Å². The molecule has 0 aliphatic heterocycles. The minimum absolute atomic E-state index is 0.00409. The molecule has 0 atom stereocenters. The number of nitrogens with zero attached hydrogens (tertiary/aromatic N) is 1. The predicted molar refractivity (Wildman–Crippen MR) is 165 cm³/mol. The number of methoxy groups -OCH3 is 1. The molecule has 0 radical (unpaired) electrons. The molecule has 0 fully saturated rings. The summed E-state index contributed by atoms with van der Waals surface area (Å²) in [6.07, 6.45) is 2.30. The van der Waals surface area contributed by atoms with Gasteiger partial charge in [-0.3, -0.25) is 14.4 Å². The molecule has 252 valence electrons. The summed E-state index contributed by atoms with van der Waals surface area (Å²) >= 11 is 0. The van der Waals surface area contributed by atoms with Crippen molar-refractivity contribution in [1.29, 1.82) is 0 Å². The standard InChI is InChI=1S/C31H59N3O9/c1-10-40-27(37)14-13-26(36)34(21-12-19-33-28(38)43-29(2,3)4)20-11-18-32-25(35)15-22-41-31(7,8)17-24-42-30(5,6)16-23-39-9/h10-24H2,1-9H3,(H,32,35)(H,33,38). The maximum Gasteiger partial charge on any atom is 0.407 e. The summed E-state index contributed by atoms with van der Waals surface area (Å²) < 4.78 is 27.2. The molecule has 0 aromatic heterocycles. The Bertz CT molecular complexity index is 826. The Morgan fingerprint density at radius 2 is 1.28 bits per heavy atom. The smallest absolute Gasteiger partial charge is 0.407 e. The SMILES string of the molecule is CCOC(=O)CCC(=O)N(CCCNC(=O)CCOC(C)(C)CCOC(C)(C)CCOC)CCCNC(=O)OC(C)(C)C. The van der Waals surface area contributed by atoms with Crippen LogP contribution in [0.2, 0.25) is 0 Å². The van der Waals surface area contributed by atoms with Gasteiger partial charge in [-0.2, -0.15) is 0 Å². The Morgan fingerprint density at radius 1 is 0.721 bits per heavy atom. The van der Waals surface area contributed by atoms with Crippen molar-refractivity contribution >= 4 is 23.9 Å². The molecule has 0 aromatic rings. The molecule has 0 aromatic carbocycles. The molecule has 43 heavy (non-hydrogen) atoms. The van der Waals surface area contributed by atoms with E-state index in [1.807, 2.05) is 27.7 Å². The summed E-state index contributed by atoms with van der Waals surface area (Å²) in [5.41, 5.74) is -1.30. The Balaban J connectivity index is 4.52. The van der Waals surface area contributed by atoms with Gasteiger partial charge in [-0.25, -0.2) is 4.79 Å². The van der Waals surface area contributed by atoms with Gasteiger partial charge in [0, 0.05) is 52.7 Å². The maximum atomic E-state index is 12.8. The van der Waals surface area contributed by atoms with Crippen LogP contribution >= 0.6 is 0 Å². The van der Waals surface area contributed by atoms with E-state index in [2.05, 4.69) is 10.6 Å². The lowest BCUT2D eigenvalue weighted by atomic mass is 10.0. The molecule has 0 rings (SSSR count). The zero-order valence-electron chi connectivity index (χ0n) is 28.2. The van der Waals surface area contributed by atoms with Gasteiger partial charge in [0.15, 0.2) is 0 Å². The molecule has 0 heterocycles. The van der Waals surface area contributed by atoms with Crippen LogP contribution in [0, 0.1) is 0 Å². The molecule has 12 nitrogen and oxygen atoms in total. The fraction of sp³-hybridized carbons (Fsp3) is 0.871. The molecular weight excluding hydrogens is 558 g/mol. The minimum Gasteiger partial charge on any atom is -0.466 e. The summed E-state index contributed by atoms with van der Waals surface area (Å²) in [6, 6.07) is 0. The molecule has 3 amide bonds. The van der Waals surface area contributed by atoms with Crippen molar-refractivity contribution in [2.24, 2.45) is 0 Å². The van der Waals surface area contributed by atoms with Gasteiger partial charge >= 0.3 is 12.1 Å². The molecule has 0 bridgehead atoms. The minimum atomic E-state index is -0.595. The molecule has 0 unspecified atom stereocenters. The van der Waals surface area contributed by atoms with Crippen LogP contribution in [0.4, 0.5) is 4.79 Å². The molecule has 0 aliphatic carbocycles. The first-order valence-electron chi connectivity index (χ1n) is 15.4. The number of ether oxygens (including phenoxy) is 5. The average Bonchev–Trinajstić information content (AvgIpc) is 2.88. The van der Waals surface area contributed by atoms with E-state index in [1.54, 1.807) is 39.7 Å². The van der Waals surface area contributed by atoms with Crippen molar-refractivity contribution in [3.05, 3.63) is 0 Å². The van der Waals surface area contributed by atoms with Crippen LogP contribution in [0.5, 0.6) is 0 Å². The van der Waals surface area contributed by atoms with Crippen LogP contribution in [0.1, 0.15) is 100 Å². The molecule has 0 spiro atoms. The van der Waals surface area contributed by atoms with E-state index in [1.165, 1.54) is 0 Å². The molecular formula is C31H59N3O9. The van der Waals surface area contributed by atoms with Crippen molar-refractivity contribution in [3.63, 3.8) is 0 Å². The first kappa shape index (κ1) is 40.6. The lowest BCUT2D eigenvalue weighted by Gasteiger charge is -2.29. The van der Waals surface area contributed by atoms with Crippen LogP contribution in [0.15, 0.2) is 0 Å². The van der Waals surface area contributed by atoms with Gasteiger partial charge in [0.25, 0.3) is 0 Å². The summed E-state index contributed by atoms with van der Waals surface area (Å²) in [5.74, 6) is -0.730. The van der Waals surface area contributed by atoms with Gasteiger partial charge in [0.2, 0.25) is 11.8 Å². The first-order chi connectivity index (χ1) is 20.0. The number of alkyl carbamates (subject to hydrolysis) is 1. The van der Waals surface area contributed by atoms with Gasteiger partial charge in [-0.15, -0.1) is 0 Å². The first-order valence-corrected chi connectivity index (χ1v) is 15.4. The zero-order chi connectivity index (χ0) is 32.9. The third kappa shape index (κ3) is 23.7. The number of amides is 3. The number of esters is 1. The number of carbonyl (C=O) groups is 4. The van der Waals surface area contributed by atoms with Crippen molar-refractivity contribution in [3.8, 4) is 0 Å². The Labute approximate surface area is 259 Å². The highest BCUT2D eigenvalue weighted by molar-refractivity contribution is 5.81. The largest absolute Gasteiger partial charge is 0.466 e. The van der Waals surface area contributed by atoms with Gasteiger partial charge in [-0.1, -0.05) is 0 Å². The molecule has 0 aliphatic rings. The Kier molecular flexibility index (Phi) is 20.1. The maximum absolute atomic E-state index is 12.8. The molecule has 0 saturated heterocycles. The number of carbonyl (C=O) groups excluding carboxylic acids is 4. The number of hydrogen-bond acceptors (Lipinski definition) is 9. The van der Waals surface area contributed by atoms with E-state index in [4.69, 9.17) is 23.7 Å². The number of nitrogens with one attached hydrogen (secondary N) is 2. The summed E-state index contributed by atoms with van der Waals surface area (Å²) in [4.78, 5) is 50.4. The monoisotopic (exact) mass is 617 g/mol. The van der Waals surface area contributed by atoms with Crippen molar-refractivity contribution in [2.45, 2.75) is 117 Å². The topological polar surface area (TPSA) is 142 Å². The fourth-order valence-electron chi connectivity index (χ4n) is 3.81. The van der Waals surface area contributed by atoms with Gasteiger partial charge < -0.3 is 39.2 Å². The van der Waals surface area contributed by atoms with Gasteiger partial charge in [0.1, 0.15) is 5.60 Å². The second-order valence-electron chi connectivity index (χ2n) is 12.6. The zero-order valence-corrected chi connectivity index (χ0v) is 28.2. The lowest BCUT2D eigenvalue weighted by molar-refractivity contribution is -0.145. The van der Waals surface area contributed by atoms with E-state index < -0.39 is 23.3 Å². The normalized spacial score (nSPS) is 12.0. The Hall–Kier alpha value is -2.44. The number of rotatable bonds is 23. The fourth-order valence-corrected chi connectivity index (χ4v) is 3.81. The predicted octanol–water partition coefficient (Wildman–Crippen LogP) is 3.99. The van der Waals surface area contributed by atoms with E-state index in [0.717, 1.165) is 6.42 Å². The second kappa shape index (κ2) is 21.3. The van der Waals surface area contributed by atoms with E-state index in [-0.39, 0.29) is 49.9 Å². The quantitative estimate of drug-likeness (QED) is 0.129. The van der Waals surface area contributed by atoms with Gasteiger partial charge in [-0.05, 0) is 81.1 Å². The van der Waals surface area contributed by atoms with Crippen LogP contribution in [0.3, 0.4) is 0 Å². The summed E-state index contributed by atoms with van der Waals surface area (Å²) in [5, 5.41) is 5.56. The number of hydrogen-bond donors (Lipinski definition) is 2. The third-order valence-electron chi connectivity index (χ3n) is 6.33. The summed E-state index contributed by atoms with van der Waals surface area (Å²) in [7, 11) is 1.67. The van der Waals surface area contributed by atoms with Crippen molar-refractivity contribution in [1.82, 2.24) is 15.5 Å². The molecule has 12 heteroatoms. The molecule has 0 saturated carbocycles.